The molecule has 2 aromatic carbocycles. The van der Waals surface area contributed by atoms with Gasteiger partial charge >= 0.3 is 5.97 Å². The van der Waals surface area contributed by atoms with E-state index in [1.165, 1.54) is 30.3 Å². The molecule has 8 heteroatoms. The third-order valence-corrected chi connectivity index (χ3v) is 5.04. The molecule has 3 rings (SSSR count). The maximum absolute atomic E-state index is 14.7. The van der Waals surface area contributed by atoms with Gasteiger partial charge in [0.25, 0.3) is 5.92 Å². The standard InChI is InChI=1S/C18H15BrClF2NO3/c19-12-3-1-11(2-4-12)16(24)26-10-17(25)14-9-13(20)5-6-15(14)23-8-7-18(17,21)22/h1-6,9,23,25H,7-8,10H2. The average Bonchev–Trinajstić information content (AvgIpc) is 2.69. The molecule has 1 heterocycles. The number of aliphatic hydroxyl groups is 1. The lowest BCUT2D eigenvalue weighted by Crippen LogP contribution is -2.49. The van der Waals surface area contributed by atoms with Gasteiger partial charge in [0.05, 0.1) is 5.56 Å². The van der Waals surface area contributed by atoms with Gasteiger partial charge in [-0.3, -0.25) is 0 Å². The summed E-state index contributed by atoms with van der Waals surface area (Å²) in [6.07, 6.45) is -0.619. The van der Waals surface area contributed by atoms with Crippen LogP contribution in [0.1, 0.15) is 22.3 Å². The molecule has 0 saturated carbocycles. The molecule has 0 amide bonds. The van der Waals surface area contributed by atoms with Crippen LogP contribution in [0.5, 0.6) is 0 Å². The molecule has 0 spiro atoms. The van der Waals surface area contributed by atoms with E-state index in [9.17, 15) is 18.7 Å². The summed E-state index contributed by atoms with van der Waals surface area (Å²) in [5.41, 5.74) is -2.27. The zero-order chi connectivity index (χ0) is 18.9. The van der Waals surface area contributed by atoms with E-state index in [1.54, 1.807) is 12.1 Å². The largest absolute Gasteiger partial charge is 0.458 e. The number of hydrogen-bond acceptors (Lipinski definition) is 4. The highest BCUT2D eigenvalue weighted by atomic mass is 79.9. The third-order valence-electron chi connectivity index (χ3n) is 4.28. The molecule has 0 bridgehead atoms. The fraction of sp³-hybridized carbons (Fsp3) is 0.278. The van der Waals surface area contributed by atoms with Crippen molar-refractivity contribution in [2.75, 3.05) is 18.5 Å². The van der Waals surface area contributed by atoms with E-state index >= 15 is 0 Å². The van der Waals surface area contributed by atoms with Crippen molar-refractivity contribution in [1.29, 1.82) is 0 Å². The molecule has 0 radical (unpaired) electrons. The highest BCUT2D eigenvalue weighted by Crippen LogP contribution is 2.46. The molecular weight excluding hydrogens is 432 g/mol. The molecule has 4 nitrogen and oxygen atoms in total. The number of anilines is 1. The lowest BCUT2D eigenvalue weighted by atomic mass is 9.86. The van der Waals surface area contributed by atoms with Gasteiger partial charge < -0.3 is 15.2 Å². The molecular formula is C18H15BrClF2NO3. The summed E-state index contributed by atoms with van der Waals surface area (Å²) in [7, 11) is 0. The number of esters is 1. The summed E-state index contributed by atoms with van der Waals surface area (Å²) in [4.78, 5) is 12.2. The molecule has 1 unspecified atom stereocenters. The summed E-state index contributed by atoms with van der Waals surface area (Å²) in [6.45, 7) is -0.936. The van der Waals surface area contributed by atoms with Crippen molar-refractivity contribution in [2.24, 2.45) is 0 Å². The number of nitrogens with one attached hydrogen (secondary N) is 1. The quantitative estimate of drug-likeness (QED) is 0.677. The Morgan fingerprint density at radius 2 is 1.96 bits per heavy atom. The summed E-state index contributed by atoms with van der Waals surface area (Å²) >= 11 is 9.17. The Bertz CT molecular complexity index is 832. The predicted octanol–water partition coefficient (Wildman–Crippen LogP) is 4.60. The SMILES string of the molecule is O=C(OCC1(O)c2cc(Cl)ccc2NCCC1(F)F)c1ccc(Br)cc1. The van der Waals surface area contributed by atoms with Gasteiger partial charge in [0.15, 0.2) is 5.60 Å². The first-order valence-corrected chi connectivity index (χ1v) is 8.97. The van der Waals surface area contributed by atoms with Crippen LogP contribution in [0.25, 0.3) is 0 Å². The van der Waals surface area contributed by atoms with Crippen molar-refractivity contribution < 1.29 is 23.4 Å². The molecule has 1 aliphatic rings. The van der Waals surface area contributed by atoms with Crippen LogP contribution < -0.4 is 5.32 Å². The number of alkyl halides is 2. The maximum Gasteiger partial charge on any atom is 0.338 e. The van der Waals surface area contributed by atoms with E-state index in [2.05, 4.69) is 21.2 Å². The Hall–Kier alpha value is -1.70. The Morgan fingerprint density at radius 3 is 2.65 bits per heavy atom. The van der Waals surface area contributed by atoms with Crippen LogP contribution in [0.15, 0.2) is 46.9 Å². The molecule has 1 atom stereocenters. The van der Waals surface area contributed by atoms with Gasteiger partial charge in [0.1, 0.15) is 6.61 Å². The van der Waals surface area contributed by atoms with Gasteiger partial charge in [-0.1, -0.05) is 27.5 Å². The number of fused-ring (bicyclic) bond motifs is 1. The number of carbonyl (C=O) groups is 1. The number of benzene rings is 2. The summed E-state index contributed by atoms with van der Waals surface area (Å²) in [6, 6.07) is 10.6. The Balaban J connectivity index is 1.91. The molecule has 0 fully saturated rings. The Labute approximate surface area is 162 Å². The van der Waals surface area contributed by atoms with Crippen molar-refractivity contribution in [3.8, 4) is 0 Å². The maximum atomic E-state index is 14.7. The van der Waals surface area contributed by atoms with E-state index < -0.39 is 30.5 Å². The van der Waals surface area contributed by atoms with Crippen molar-refractivity contribution in [2.45, 2.75) is 17.9 Å². The Kier molecular flexibility index (Phi) is 5.23. The zero-order valence-electron chi connectivity index (χ0n) is 13.4. The molecule has 1 aliphatic heterocycles. The lowest BCUT2D eigenvalue weighted by Gasteiger charge is -2.34. The second kappa shape index (κ2) is 7.13. The number of carbonyl (C=O) groups excluding carboxylic acids is 1. The summed E-state index contributed by atoms with van der Waals surface area (Å²) in [5.74, 6) is -4.32. The number of hydrogen-bond donors (Lipinski definition) is 2. The second-order valence-electron chi connectivity index (χ2n) is 6.01. The van der Waals surface area contributed by atoms with Crippen LogP contribution >= 0.6 is 27.5 Å². The third kappa shape index (κ3) is 3.56. The first-order valence-electron chi connectivity index (χ1n) is 7.80. The zero-order valence-corrected chi connectivity index (χ0v) is 15.8. The van der Waals surface area contributed by atoms with Gasteiger partial charge in [0.2, 0.25) is 0 Å². The number of ether oxygens (including phenoxy) is 1. The van der Waals surface area contributed by atoms with E-state index in [4.69, 9.17) is 16.3 Å². The summed E-state index contributed by atoms with van der Waals surface area (Å²) < 4.78 is 35.2. The molecule has 0 aromatic heterocycles. The lowest BCUT2D eigenvalue weighted by molar-refractivity contribution is -0.205. The first kappa shape index (κ1) is 19.1. The molecule has 138 valence electrons. The minimum atomic E-state index is -3.52. The van der Waals surface area contributed by atoms with E-state index in [0.29, 0.717) is 5.69 Å². The summed E-state index contributed by atoms with van der Waals surface area (Å²) in [5, 5.41) is 13.9. The van der Waals surface area contributed by atoms with E-state index in [1.807, 2.05) is 0 Å². The normalized spacial score (nSPS) is 21.3. The fourth-order valence-corrected chi connectivity index (χ4v) is 3.23. The topological polar surface area (TPSA) is 58.6 Å². The van der Waals surface area contributed by atoms with Gasteiger partial charge in [-0.15, -0.1) is 0 Å². The van der Waals surface area contributed by atoms with E-state index in [-0.39, 0.29) is 22.7 Å². The van der Waals surface area contributed by atoms with Crippen molar-refractivity contribution in [3.05, 3.63) is 63.1 Å². The van der Waals surface area contributed by atoms with Gasteiger partial charge in [-0.25, -0.2) is 13.6 Å². The molecule has 26 heavy (non-hydrogen) atoms. The van der Waals surface area contributed by atoms with Crippen molar-refractivity contribution in [1.82, 2.24) is 0 Å². The van der Waals surface area contributed by atoms with Crippen LogP contribution in [0.4, 0.5) is 14.5 Å². The van der Waals surface area contributed by atoms with E-state index in [0.717, 1.165) is 4.47 Å². The van der Waals surface area contributed by atoms with Crippen LogP contribution in [0, 0.1) is 0 Å². The molecule has 2 aromatic rings. The fourth-order valence-electron chi connectivity index (χ4n) is 2.79. The van der Waals surface area contributed by atoms with Crippen molar-refractivity contribution >= 4 is 39.2 Å². The highest BCUT2D eigenvalue weighted by Gasteiger charge is 2.56. The predicted molar refractivity (Wildman–Crippen MR) is 97.8 cm³/mol. The van der Waals surface area contributed by atoms with Crippen LogP contribution in [-0.4, -0.2) is 30.2 Å². The average molecular weight is 447 g/mol. The minimum absolute atomic E-state index is 0.0371. The second-order valence-corrected chi connectivity index (χ2v) is 7.37. The van der Waals surface area contributed by atoms with Crippen molar-refractivity contribution in [3.63, 3.8) is 0 Å². The molecule has 2 N–H and O–H groups in total. The number of halogens is 4. The smallest absolute Gasteiger partial charge is 0.338 e. The minimum Gasteiger partial charge on any atom is -0.458 e. The van der Waals surface area contributed by atoms with Gasteiger partial charge in [-0.05, 0) is 42.5 Å². The molecule has 0 saturated heterocycles. The van der Waals surface area contributed by atoms with Crippen LogP contribution in [0.3, 0.4) is 0 Å². The number of rotatable bonds is 3. The highest BCUT2D eigenvalue weighted by molar-refractivity contribution is 9.10. The Morgan fingerprint density at radius 1 is 1.27 bits per heavy atom. The van der Waals surface area contributed by atoms with Gasteiger partial charge in [-0.2, -0.15) is 0 Å². The monoisotopic (exact) mass is 445 g/mol. The van der Waals surface area contributed by atoms with Crippen LogP contribution in [0.2, 0.25) is 5.02 Å². The van der Waals surface area contributed by atoms with Gasteiger partial charge in [0, 0.05) is 33.7 Å². The molecule has 0 aliphatic carbocycles. The first-order chi connectivity index (χ1) is 12.2. The van der Waals surface area contributed by atoms with Crippen LogP contribution in [-0.2, 0) is 10.3 Å².